The average molecular weight is 212 g/mol. The van der Waals surface area contributed by atoms with Crippen molar-refractivity contribution in [3.63, 3.8) is 0 Å². The monoisotopic (exact) mass is 212 g/mol. The zero-order chi connectivity index (χ0) is 11.9. The lowest BCUT2D eigenvalue weighted by Gasteiger charge is -2.35. The molecule has 0 saturated heterocycles. The molecule has 0 aliphatic carbocycles. The van der Waals surface area contributed by atoms with Crippen LogP contribution >= 0.6 is 0 Å². The van der Waals surface area contributed by atoms with Crippen LogP contribution in [0, 0.1) is 6.92 Å². The average Bonchev–Trinajstić information content (AvgIpc) is 2.33. The van der Waals surface area contributed by atoms with Gasteiger partial charge in [0.2, 0.25) is 0 Å². The first-order valence-corrected chi connectivity index (χ1v) is 5.07. The second-order valence-corrected chi connectivity index (χ2v) is 4.91. The fourth-order valence-corrected chi connectivity index (χ4v) is 1.37. The fraction of sp³-hybridized carbons (Fsp3) is 0.727. The van der Waals surface area contributed by atoms with Crippen LogP contribution in [0.25, 0.3) is 0 Å². The molecule has 1 aromatic heterocycles. The van der Waals surface area contributed by atoms with Gasteiger partial charge in [0, 0.05) is 19.2 Å². The minimum atomic E-state index is -1.16. The normalized spacial score (nSPS) is 16.5. The number of nitrogens with zero attached hydrogens (tertiary/aromatic N) is 2. The maximum atomic E-state index is 10.2. The van der Waals surface area contributed by atoms with Crippen LogP contribution in [0.2, 0.25) is 0 Å². The van der Waals surface area contributed by atoms with Crippen molar-refractivity contribution in [3.8, 4) is 0 Å². The van der Waals surface area contributed by atoms with Crippen LogP contribution in [0.5, 0.6) is 0 Å². The lowest BCUT2D eigenvalue weighted by molar-refractivity contribution is -0.119. The van der Waals surface area contributed by atoms with E-state index in [1.807, 2.05) is 14.0 Å². The first kappa shape index (κ1) is 12.2. The van der Waals surface area contributed by atoms with E-state index in [2.05, 4.69) is 5.10 Å². The van der Waals surface area contributed by atoms with Gasteiger partial charge in [0.1, 0.15) is 0 Å². The molecule has 4 nitrogen and oxygen atoms in total. The predicted octanol–water partition coefficient (Wildman–Crippen LogP) is 0.793. The fourth-order valence-electron chi connectivity index (χ4n) is 1.37. The molecule has 1 rings (SSSR count). The predicted molar refractivity (Wildman–Crippen MR) is 58.6 cm³/mol. The van der Waals surface area contributed by atoms with Gasteiger partial charge in [0.05, 0.1) is 17.4 Å². The summed E-state index contributed by atoms with van der Waals surface area (Å²) >= 11 is 0. The smallest absolute Gasteiger partial charge is 0.0955 e. The van der Waals surface area contributed by atoms with Crippen molar-refractivity contribution in [1.29, 1.82) is 0 Å². The van der Waals surface area contributed by atoms with Gasteiger partial charge in [-0.05, 0) is 33.3 Å². The van der Waals surface area contributed by atoms with Crippen LogP contribution in [0.4, 0.5) is 0 Å². The molecular weight excluding hydrogens is 192 g/mol. The van der Waals surface area contributed by atoms with E-state index in [0.29, 0.717) is 6.42 Å². The Morgan fingerprint density at radius 2 is 1.87 bits per heavy atom. The molecule has 1 heterocycles. The van der Waals surface area contributed by atoms with Crippen LogP contribution in [-0.2, 0) is 13.5 Å². The topological polar surface area (TPSA) is 58.3 Å². The highest BCUT2D eigenvalue weighted by Crippen LogP contribution is 2.26. The maximum absolute atomic E-state index is 10.2. The molecule has 0 bridgehead atoms. The Balaban J connectivity index is 2.96. The first-order chi connectivity index (χ1) is 6.65. The highest BCUT2D eigenvalue weighted by atomic mass is 16.4. The van der Waals surface area contributed by atoms with E-state index in [0.717, 1.165) is 11.3 Å². The van der Waals surface area contributed by atoms with Gasteiger partial charge in [-0.25, -0.2) is 0 Å². The van der Waals surface area contributed by atoms with Gasteiger partial charge in [0.25, 0.3) is 0 Å². The number of aromatic nitrogens is 2. The third-order valence-electron chi connectivity index (χ3n) is 3.10. The Labute approximate surface area is 90.5 Å². The summed E-state index contributed by atoms with van der Waals surface area (Å²) in [5.41, 5.74) is -0.320. The number of aryl methyl sites for hydroxylation is 2. The molecule has 4 heteroatoms. The van der Waals surface area contributed by atoms with E-state index in [4.69, 9.17) is 0 Å². The van der Waals surface area contributed by atoms with Gasteiger partial charge in [-0.3, -0.25) is 4.68 Å². The molecule has 1 aromatic rings. The largest absolute Gasteiger partial charge is 0.387 e. The molecule has 0 spiro atoms. The van der Waals surface area contributed by atoms with Crippen molar-refractivity contribution in [2.24, 2.45) is 7.05 Å². The third kappa shape index (κ3) is 2.38. The van der Waals surface area contributed by atoms with Gasteiger partial charge in [-0.15, -0.1) is 0 Å². The number of rotatable bonds is 3. The summed E-state index contributed by atoms with van der Waals surface area (Å²) in [4.78, 5) is 0. The summed E-state index contributed by atoms with van der Waals surface area (Å²) in [6, 6.07) is 0. The Bertz CT molecular complexity index is 328. The van der Waals surface area contributed by atoms with E-state index in [9.17, 15) is 10.2 Å². The van der Waals surface area contributed by atoms with Crippen LogP contribution in [0.3, 0.4) is 0 Å². The van der Waals surface area contributed by atoms with Crippen molar-refractivity contribution >= 4 is 0 Å². The summed E-state index contributed by atoms with van der Waals surface area (Å²) < 4.78 is 1.73. The Morgan fingerprint density at radius 1 is 1.33 bits per heavy atom. The van der Waals surface area contributed by atoms with Crippen molar-refractivity contribution in [1.82, 2.24) is 9.78 Å². The minimum Gasteiger partial charge on any atom is -0.387 e. The molecule has 86 valence electrons. The quantitative estimate of drug-likeness (QED) is 0.779. The van der Waals surface area contributed by atoms with E-state index in [1.165, 1.54) is 0 Å². The molecule has 1 atom stereocenters. The molecule has 0 aliphatic rings. The van der Waals surface area contributed by atoms with E-state index < -0.39 is 11.2 Å². The SMILES string of the molecule is Cc1cnn(C)c1CC(C)(O)C(C)(C)O. The summed E-state index contributed by atoms with van der Waals surface area (Å²) in [5, 5.41) is 24.1. The standard InChI is InChI=1S/C11H20N2O2/c1-8-7-12-13(5)9(8)6-11(4,15)10(2,3)14/h7,14-15H,6H2,1-5H3. The summed E-state index contributed by atoms with van der Waals surface area (Å²) in [7, 11) is 1.84. The zero-order valence-corrected chi connectivity index (χ0v) is 10.1. The van der Waals surface area contributed by atoms with Gasteiger partial charge < -0.3 is 10.2 Å². The summed E-state index contributed by atoms with van der Waals surface area (Å²) in [6.07, 6.45) is 2.15. The summed E-state index contributed by atoms with van der Waals surface area (Å²) in [6.45, 7) is 6.81. The van der Waals surface area contributed by atoms with Crippen LogP contribution in [-0.4, -0.2) is 31.2 Å². The molecule has 0 amide bonds. The molecule has 2 N–H and O–H groups in total. The van der Waals surface area contributed by atoms with Gasteiger partial charge in [-0.2, -0.15) is 5.10 Å². The molecule has 0 fully saturated rings. The maximum Gasteiger partial charge on any atom is 0.0955 e. The Morgan fingerprint density at radius 3 is 2.20 bits per heavy atom. The van der Waals surface area contributed by atoms with Crippen molar-refractivity contribution in [2.45, 2.75) is 45.3 Å². The molecule has 0 radical (unpaired) electrons. The molecule has 0 saturated carbocycles. The van der Waals surface area contributed by atoms with Gasteiger partial charge in [0.15, 0.2) is 0 Å². The van der Waals surface area contributed by atoms with Crippen LogP contribution in [0.15, 0.2) is 6.20 Å². The highest BCUT2D eigenvalue weighted by Gasteiger charge is 2.38. The Kier molecular flexibility index (Phi) is 2.94. The number of hydrogen-bond acceptors (Lipinski definition) is 3. The van der Waals surface area contributed by atoms with E-state index in [1.54, 1.807) is 31.6 Å². The zero-order valence-electron chi connectivity index (χ0n) is 10.1. The second-order valence-electron chi connectivity index (χ2n) is 4.91. The molecule has 15 heavy (non-hydrogen) atoms. The summed E-state index contributed by atoms with van der Waals surface area (Å²) in [5.74, 6) is 0. The lowest BCUT2D eigenvalue weighted by atomic mass is 9.83. The Hall–Kier alpha value is -0.870. The van der Waals surface area contributed by atoms with Gasteiger partial charge in [-0.1, -0.05) is 0 Å². The van der Waals surface area contributed by atoms with Crippen LogP contribution < -0.4 is 0 Å². The van der Waals surface area contributed by atoms with E-state index in [-0.39, 0.29) is 0 Å². The van der Waals surface area contributed by atoms with Crippen LogP contribution in [0.1, 0.15) is 32.0 Å². The second kappa shape index (κ2) is 3.61. The lowest BCUT2D eigenvalue weighted by Crippen LogP contribution is -2.49. The minimum absolute atomic E-state index is 0.388. The molecule has 1 unspecified atom stereocenters. The third-order valence-corrected chi connectivity index (χ3v) is 3.10. The van der Waals surface area contributed by atoms with E-state index >= 15 is 0 Å². The number of hydrogen-bond donors (Lipinski definition) is 2. The van der Waals surface area contributed by atoms with Crippen molar-refractivity contribution in [3.05, 3.63) is 17.5 Å². The molecular formula is C11H20N2O2. The number of aliphatic hydroxyl groups is 2. The highest BCUT2D eigenvalue weighted by molar-refractivity contribution is 5.18. The molecule has 0 aromatic carbocycles. The van der Waals surface area contributed by atoms with Gasteiger partial charge >= 0.3 is 0 Å². The molecule has 0 aliphatic heterocycles. The van der Waals surface area contributed by atoms with Crippen molar-refractivity contribution in [2.75, 3.05) is 0 Å². The first-order valence-electron chi connectivity index (χ1n) is 5.07. The van der Waals surface area contributed by atoms with Crippen molar-refractivity contribution < 1.29 is 10.2 Å².